The first-order valence-corrected chi connectivity index (χ1v) is 13.7. The summed E-state index contributed by atoms with van der Waals surface area (Å²) in [5, 5.41) is 4.08. The van der Waals surface area contributed by atoms with Crippen molar-refractivity contribution in [2.45, 2.75) is 39.7 Å². The number of hydrogen-bond acceptors (Lipinski definition) is 3. The molecule has 0 spiro atoms. The highest BCUT2D eigenvalue weighted by Crippen LogP contribution is 2.67. The molecule has 0 aliphatic heterocycles. The Morgan fingerprint density at radius 2 is 1.65 bits per heavy atom. The van der Waals surface area contributed by atoms with Crippen LogP contribution in [0.5, 0.6) is 0 Å². The summed E-state index contributed by atoms with van der Waals surface area (Å²) < 4.78 is 14.6. The SMILES string of the molecule is Cc1[nH]c2ccccc2c1[C@H]1[C@@H](CC(=O)N(CC(=O)Nc2ccc(N(C)C)cc2)Cc2ccccc2F)C1(C)C. The van der Waals surface area contributed by atoms with Crippen molar-refractivity contribution in [2.24, 2.45) is 11.3 Å². The van der Waals surface area contributed by atoms with Gasteiger partial charge >= 0.3 is 0 Å². The molecule has 2 atom stereocenters. The second kappa shape index (κ2) is 10.8. The van der Waals surface area contributed by atoms with Crippen LogP contribution in [0.25, 0.3) is 10.9 Å². The molecule has 1 aliphatic carbocycles. The number of benzene rings is 3. The monoisotopic (exact) mass is 540 g/mol. The van der Waals surface area contributed by atoms with Crippen LogP contribution in [0.15, 0.2) is 72.8 Å². The van der Waals surface area contributed by atoms with Crippen molar-refractivity contribution in [1.82, 2.24) is 9.88 Å². The van der Waals surface area contributed by atoms with Crippen LogP contribution < -0.4 is 10.2 Å². The maximum atomic E-state index is 14.6. The number of nitrogens with one attached hydrogen (secondary N) is 2. The maximum absolute atomic E-state index is 14.6. The van der Waals surface area contributed by atoms with Gasteiger partial charge in [0.25, 0.3) is 0 Å². The van der Waals surface area contributed by atoms with E-state index < -0.39 is 0 Å². The number of nitrogens with zero attached hydrogens (tertiary/aromatic N) is 2. The fourth-order valence-electron chi connectivity index (χ4n) is 6.00. The lowest BCUT2D eigenvalue weighted by atomic mass is 10.0. The molecule has 0 radical (unpaired) electrons. The fourth-order valence-corrected chi connectivity index (χ4v) is 6.00. The number of fused-ring (bicyclic) bond motifs is 1. The third kappa shape index (κ3) is 5.46. The quantitative estimate of drug-likeness (QED) is 0.255. The molecule has 0 unspecified atom stereocenters. The van der Waals surface area contributed by atoms with Crippen LogP contribution >= 0.6 is 0 Å². The van der Waals surface area contributed by atoms with Gasteiger partial charge in [-0.1, -0.05) is 50.2 Å². The molecular weight excluding hydrogens is 503 g/mol. The summed E-state index contributed by atoms with van der Waals surface area (Å²) in [6.45, 7) is 6.35. The Morgan fingerprint density at radius 1 is 0.975 bits per heavy atom. The number of para-hydroxylation sites is 1. The highest BCUT2D eigenvalue weighted by atomic mass is 19.1. The number of aryl methyl sites for hydroxylation is 1. The van der Waals surface area contributed by atoms with Gasteiger partial charge in [0.05, 0.1) is 0 Å². The molecule has 0 saturated heterocycles. The number of hydrogen-bond donors (Lipinski definition) is 2. The van der Waals surface area contributed by atoms with Gasteiger partial charge in [-0.25, -0.2) is 4.39 Å². The van der Waals surface area contributed by atoms with E-state index in [9.17, 15) is 14.0 Å². The van der Waals surface area contributed by atoms with Crippen LogP contribution in [0, 0.1) is 24.1 Å². The molecule has 5 rings (SSSR count). The number of halogens is 1. The van der Waals surface area contributed by atoms with Crippen molar-refractivity contribution in [3.8, 4) is 0 Å². The van der Waals surface area contributed by atoms with Crippen LogP contribution in [-0.2, 0) is 16.1 Å². The molecule has 40 heavy (non-hydrogen) atoms. The first kappa shape index (κ1) is 27.4. The topological polar surface area (TPSA) is 68.4 Å². The molecule has 7 heteroatoms. The Bertz CT molecular complexity index is 1540. The van der Waals surface area contributed by atoms with E-state index in [1.54, 1.807) is 18.2 Å². The number of aromatic nitrogens is 1. The zero-order valence-electron chi connectivity index (χ0n) is 23.8. The van der Waals surface area contributed by atoms with E-state index in [4.69, 9.17) is 0 Å². The molecule has 6 nitrogen and oxygen atoms in total. The minimum atomic E-state index is -0.390. The lowest BCUT2D eigenvalue weighted by molar-refractivity contribution is -0.135. The van der Waals surface area contributed by atoms with Crippen molar-refractivity contribution in [2.75, 3.05) is 30.9 Å². The number of anilines is 2. The van der Waals surface area contributed by atoms with E-state index in [0.29, 0.717) is 11.3 Å². The van der Waals surface area contributed by atoms with Crippen LogP contribution in [0.2, 0.25) is 0 Å². The molecular formula is C33H37FN4O2. The van der Waals surface area contributed by atoms with E-state index in [-0.39, 0.29) is 54.4 Å². The lowest BCUT2D eigenvalue weighted by Gasteiger charge is -2.23. The summed E-state index contributed by atoms with van der Waals surface area (Å²) in [4.78, 5) is 33.8. The minimum Gasteiger partial charge on any atom is -0.378 e. The summed E-state index contributed by atoms with van der Waals surface area (Å²) in [5.41, 5.74) is 5.45. The standard InChI is InChI=1S/C33H37FN4O2/c1-21-31(25-11-7-9-13-28(25)35-21)32-26(33(32,2)3)18-30(40)38(19-22-10-6-8-12-27(22)34)20-29(39)36-23-14-16-24(17-15-23)37(4)5/h6-17,26,32,35H,18-20H2,1-5H3,(H,36,39)/t26-,32-/m1/s1. The van der Waals surface area contributed by atoms with E-state index in [0.717, 1.165) is 16.9 Å². The second-order valence-electron chi connectivity index (χ2n) is 11.6. The van der Waals surface area contributed by atoms with E-state index >= 15 is 0 Å². The predicted molar refractivity (Wildman–Crippen MR) is 159 cm³/mol. The number of rotatable bonds is 9. The van der Waals surface area contributed by atoms with Gasteiger partial charge in [0.2, 0.25) is 11.8 Å². The molecule has 2 N–H and O–H groups in total. The average Bonchev–Trinajstić information content (AvgIpc) is 3.26. The minimum absolute atomic E-state index is 0.0302. The molecule has 1 aliphatic rings. The first-order chi connectivity index (χ1) is 19.1. The lowest BCUT2D eigenvalue weighted by Crippen LogP contribution is -2.38. The predicted octanol–water partition coefficient (Wildman–Crippen LogP) is 6.48. The van der Waals surface area contributed by atoms with Gasteiger partial charge in [0.1, 0.15) is 12.4 Å². The highest BCUT2D eigenvalue weighted by molar-refractivity contribution is 5.95. The summed E-state index contributed by atoms with van der Waals surface area (Å²) >= 11 is 0. The normalized spacial score (nSPS) is 17.4. The van der Waals surface area contributed by atoms with Crippen molar-refractivity contribution in [3.63, 3.8) is 0 Å². The van der Waals surface area contributed by atoms with Gasteiger partial charge in [0.15, 0.2) is 0 Å². The van der Waals surface area contributed by atoms with Crippen LogP contribution in [0.3, 0.4) is 0 Å². The summed E-state index contributed by atoms with van der Waals surface area (Å²) in [5.74, 6) is -0.533. The Kier molecular flexibility index (Phi) is 7.41. The van der Waals surface area contributed by atoms with Gasteiger partial charge in [-0.05, 0) is 66.1 Å². The third-order valence-corrected chi connectivity index (χ3v) is 8.37. The van der Waals surface area contributed by atoms with Crippen LogP contribution in [0.1, 0.15) is 43.0 Å². The second-order valence-corrected chi connectivity index (χ2v) is 11.6. The molecule has 1 saturated carbocycles. The maximum Gasteiger partial charge on any atom is 0.244 e. The summed E-state index contributed by atoms with van der Waals surface area (Å²) in [6.07, 6.45) is 0.288. The zero-order chi connectivity index (χ0) is 28.6. The van der Waals surface area contributed by atoms with Crippen LogP contribution in [-0.4, -0.2) is 42.3 Å². The molecule has 1 heterocycles. The van der Waals surface area contributed by atoms with Gasteiger partial charge in [0, 0.05) is 60.6 Å². The average molecular weight is 541 g/mol. The van der Waals surface area contributed by atoms with Gasteiger partial charge < -0.3 is 20.1 Å². The molecule has 1 aromatic heterocycles. The zero-order valence-corrected chi connectivity index (χ0v) is 23.8. The van der Waals surface area contributed by atoms with Crippen molar-refractivity contribution in [1.29, 1.82) is 0 Å². The largest absolute Gasteiger partial charge is 0.378 e. The molecule has 208 valence electrons. The molecule has 1 fully saturated rings. The van der Waals surface area contributed by atoms with Gasteiger partial charge in [-0.15, -0.1) is 0 Å². The summed E-state index contributed by atoms with van der Waals surface area (Å²) in [6, 6.07) is 22.2. The first-order valence-electron chi connectivity index (χ1n) is 13.7. The van der Waals surface area contributed by atoms with Gasteiger partial charge in [-0.3, -0.25) is 9.59 Å². The number of aromatic amines is 1. The molecule has 3 aromatic carbocycles. The number of carbonyl (C=O) groups excluding carboxylic acids is 2. The van der Waals surface area contributed by atoms with Crippen LogP contribution in [0.4, 0.5) is 15.8 Å². The Balaban J connectivity index is 1.34. The van der Waals surface area contributed by atoms with E-state index in [2.05, 4.69) is 43.2 Å². The Labute approximate surface area is 235 Å². The summed E-state index contributed by atoms with van der Waals surface area (Å²) in [7, 11) is 3.90. The van der Waals surface area contributed by atoms with Gasteiger partial charge in [-0.2, -0.15) is 0 Å². The van der Waals surface area contributed by atoms with Crippen molar-refractivity contribution < 1.29 is 14.0 Å². The highest BCUT2D eigenvalue weighted by Gasteiger charge is 2.59. The smallest absolute Gasteiger partial charge is 0.244 e. The third-order valence-electron chi connectivity index (χ3n) is 8.37. The number of H-pyrrole nitrogens is 1. The fraction of sp³-hybridized carbons (Fsp3) is 0.333. The Hall–Kier alpha value is -4.13. The molecule has 0 bridgehead atoms. The van der Waals surface area contributed by atoms with Crippen molar-refractivity contribution >= 4 is 34.1 Å². The molecule has 2 amide bonds. The number of amides is 2. The van der Waals surface area contributed by atoms with E-state index in [1.807, 2.05) is 55.4 Å². The molecule has 4 aromatic rings. The number of carbonyl (C=O) groups is 2. The Morgan fingerprint density at radius 3 is 2.35 bits per heavy atom. The van der Waals surface area contributed by atoms with E-state index in [1.165, 1.54) is 21.9 Å². The van der Waals surface area contributed by atoms with Crippen molar-refractivity contribution in [3.05, 3.63) is 95.4 Å².